The number of nitrogens with zero attached hydrogens (tertiary/aromatic N) is 1. The summed E-state index contributed by atoms with van der Waals surface area (Å²) in [5, 5.41) is 2.91. The second-order valence-electron chi connectivity index (χ2n) is 3.50. The SMILES string of the molecule is Fc1ccccc1C(CCl)Cc1nccs1. The van der Waals surface area contributed by atoms with Crippen molar-refractivity contribution in [1.82, 2.24) is 4.98 Å². The highest BCUT2D eigenvalue weighted by molar-refractivity contribution is 7.09. The van der Waals surface area contributed by atoms with Gasteiger partial charge in [0, 0.05) is 29.8 Å². The molecule has 1 aromatic heterocycles. The molecule has 0 amide bonds. The molecule has 2 aromatic rings. The molecule has 84 valence electrons. The van der Waals surface area contributed by atoms with Crippen molar-refractivity contribution in [3.63, 3.8) is 0 Å². The molecule has 1 nitrogen and oxygen atoms in total. The Morgan fingerprint density at radius 3 is 2.81 bits per heavy atom. The maximum absolute atomic E-state index is 13.6. The van der Waals surface area contributed by atoms with E-state index in [-0.39, 0.29) is 11.7 Å². The van der Waals surface area contributed by atoms with Crippen LogP contribution in [-0.4, -0.2) is 10.9 Å². The second kappa shape index (κ2) is 5.41. The standard InChI is InChI=1S/C12H11ClFNS/c13-8-9(7-12-15-5-6-16-12)10-3-1-2-4-11(10)14/h1-6,9H,7-8H2. The lowest BCUT2D eigenvalue weighted by molar-refractivity contribution is 0.588. The number of hydrogen-bond acceptors (Lipinski definition) is 2. The van der Waals surface area contributed by atoms with Crippen LogP contribution < -0.4 is 0 Å². The number of alkyl halides is 1. The molecule has 0 radical (unpaired) electrons. The molecule has 0 spiro atoms. The molecular weight excluding hydrogens is 245 g/mol. The summed E-state index contributed by atoms with van der Waals surface area (Å²) >= 11 is 7.48. The van der Waals surface area contributed by atoms with E-state index >= 15 is 0 Å². The van der Waals surface area contributed by atoms with Crippen LogP contribution in [0.25, 0.3) is 0 Å². The number of benzene rings is 1. The molecule has 0 fully saturated rings. The minimum atomic E-state index is -0.190. The van der Waals surface area contributed by atoms with Gasteiger partial charge in [0.1, 0.15) is 5.82 Å². The van der Waals surface area contributed by atoms with Crippen molar-refractivity contribution < 1.29 is 4.39 Å². The highest BCUT2D eigenvalue weighted by Crippen LogP contribution is 2.25. The van der Waals surface area contributed by atoms with Crippen LogP contribution in [-0.2, 0) is 6.42 Å². The van der Waals surface area contributed by atoms with Gasteiger partial charge < -0.3 is 0 Å². The minimum Gasteiger partial charge on any atom is -0.250 e. The van der Waals surface area contributed by atoms with Gasteiger partial charge in [-0.2, -0.15) is 0 Å². The van der Waals surface area contributed by atoms with Gasteiger partial charge in [0.15, 0.2) is 0 Å². The summed E-state index contributed by atoms with van der Waals surface area (Å²) < 4.78 is 13.6. The van der Waals surface area contributed by atoms with Crippen molar-refractivity contribution in [2.45, 2.75) is 12.3 Å². The minimum absolute atomic E-state index is 0.00554. The second-order valence-corrected chi connectivity index (χ2v) is 4.79. The number of halogens is 2. The zero-order chi connectivity index (χ0) is 11.4. The molecule has 0 saturated carbocycles. The Bertz CT molecular complexity index is 444. The summed E-state index contributed by atoms with van der Waals surface area (Å²) in [7, 11) is 0. The first kappa shape index (κ1) is 11.6. The zero-order valence-corrected chi connectivity index (χ0v) is 10.1. The van der Waals surface area contributed by atoms with Crippen molar-refractivity contribution in [2.75, 3.05) is 5.88 Å². The zero-order valence-electron chi connectivity index (χ0n) is 8.57. The van der Waals surface area contributed by atoms with E-state index in [0.717, 1.165) is 5.01 Å². The van der Waals surface area contributed by atoms with Crippen LogP contribution in [0, 0.1) is 5.82 Å². The van der Waals surface area contributed by atoms with Gasteiger partial charge >= 0.3 is 0 Å². The number of hydrogen-bond donors (Lipinski definition) is 0. The van der Waals surface area contributed by atoms with Crippen LogP contribution in [0.4, 0.5) is 4.39 Å². The van der Waals surface area contributed by atoms with E-state index in [2.05, 4.69) is 4.98 Å². The van der Waals surface area contributed by atoms with Crippen LogP contribution in [0.3, 0.4) is 0 Å². The molecule has 1 unspecified atom stereocenters. The average molecular weight is 256 g/mol. The Hall–Kier alpha value is -0.930. The van der Waals surface area contributed by atoms with Gasteiger partial charge in [-0.15, -0.1) is 22.9 Å². The summed E-state index contributed by atoms with van der Waals surface area (Å²) in [5.74, 6) is 0.208. The van der Waals surface area contributed by atoms with E-state index in [1.165, 1.54) is 6.07 Å². The monoisotopic (exact) mass is 255 g/mol. The molecule has 1 aromatic carbocycles. The largest absolute Gasteiger partial charge is 0.250 e. The van der Waals surface area contributed by atoms with E-state index in [0.29, 0.717) is 17.9 Å². The first-order valence-corrected chi connectivity index (χ1v) is 6.41. The summed E-state index contributed by atoms with van der Waals surface area (Å²) in [5.41, 5.74) is 0.674. The van der Waals surface area contributed by atoms with Crippen molar-refractivity contribution in [3.8, 4) is 0 Å². The van der Waals surface area contributed by atoms with Crippen LogP contribution in [0.1, 0.15) is 16.5 Å². The van der Waals surface area contributed by atoms with Crippen LogP contribution in [0.5, 0.6) is 0 Å². The van der Waals surface area contributed by atoms with Crippen LogP contribution in [0.15, 0.2) is 35.8 Å². The molecule has 1 heterocycles. The third-order valence-electron chi connectivity index (χ3n) is 2.44. The van der Waals surface area contributed by atoms with Crippen LogP contribution in [0.2, 0.25) is 0 Å². The van der Waals surface area contributed by atoms with Crippen molar-refractivity contribution in [3.05, 3.63) is 52.2 Å². The molecule has 0 saturated heterocycles. The lowest BCUT2D eigenvalue weighted by Crippen LogP contribution is -2.06. The van der Waals surface area contributed by atoms with E-state index in [1.807, 2.05) is 11.4 Å². The molecule has 1 atom stereocenters. The number of aromatic nitrogens is 1. The Balaban J connectivity index is 2.20. The van der Waals surface area contributed by atoms with Gasteiger partial charge in [0.25, 0.3) is 0 Å². The molecule has 0 aliphatic rings. The highest BCUT2D eigenvalue weighted by Gasteiger charge is 2.16. The van der Waals surface area contributed by atoms with Gasteiger partial charge in [-0.3, -0.25) is 0 Å². The summed E-state index contributed by atoms with van der Waals surface area (Å²) in [6.45, 7) is 0. The summed E-state index contributed by atoms with van der Waals surface area (Å²) in [6, 6.07) is 6.78. The van der Waals surface area contributed by atoms with E-state index in [1.54, 1.807) is 29.7 Å². The Morgan fingerprint density at radius 1 is 1.38 bits per heavy atom. The fourth-order valence-electron chi connectivity index (χ4n) is 1.62. The molecule has 0 N–H and O–H groups in total. The van der Waals surface area contributed by atoms with E-state index in [9.17, 15) is 4.39 Å². The van der Waals surface area contributed by atoms with Gasteiger partial charge in [-0.05, 0) is 11.6 Å². The molecule has 4 heteroatoms. The number of thiazole rings is 1. The lowest BCUT2D eigenvalue weighted by Gasteiger charge is -2.13. The van der Waals surface area contributed by atoms with Crippen LogP contribution >= 0.6 is 22.9 Å². The topological polar surface area (TPSA) is 12.9 Å². The molecule has 0 bridgehead atoms. The van der Waals surface area contributed by atoms with Crippen molar-refractivity contribution >= 4 is 22.9 Å². The predicted octanol–water partition coefficient (Wildman–Crippen LogP) is 3.85. The number of rotatable bonds is 4. The Kier molecular flexibility index (Phi) is 3.91. The smallest absolute Gasteiger partial charge is 0.126 e. The van der Waals surface area contributed by atoms with Gasteiger partial charge in [0.2, 0.25) is 0 Å². The fraction of sp³-hybridized carbons (Fsp3) is 0.250. The molecule has 16 heavy (non-hydrogen) atoms. The third-order valence-corrected chi connectivity index (χ3v) is 3.61. The van der Waals surface area contributed by atoms with Gasteiger partial charge in [-0.25, -0.2) is 9.37 Å². The first-order chi connectivity index (χ1) is 7.81. The molecule has 0 aliphatic carbocycles. The summed E-state index contributed by atoms with van der Waals surface area (Å²) in [4.78, 5) is 4.20. The van der Waals surface area contributed by atoms with Gasteiger partial charge in [-0.1, -0.05) is 18.2 Å². The average Bonchev–Trinajstić information content (AvgIpc) is 2.80. The quantitative estimate of drug-likeness (QED) is 0.757. The molecular formula is C12H11ClFNS. The van der Waals surface area contributed by atoms with E-state index in [4.69, 9.17) is 11.6 Å². The fourth-order valence-corrected chi connectivity index (χ4v) is 2.59. The molecule has 2 rings (SSSR count). The Labute approximate surface area is 103 Å². The molecule has 0 aliphatic heterocycles. The maximum atomic E-state index is 13.6. The van der Waals surface area contributed by atoms with Crippen molar-refractivity contribution in [1.29, 1.82) is 0 Å². The third kappa shape index (κ3) is 2.60. The first-order valence-electron chi connectivity index (χ1n) is 5.00. The van der Waals surface area contributed by atoms with Gasteiger partial charge in [0.05, 0.1) is 5.01 Å². The maximum Gasteiger partial charge on any atom is 0.126 e. The predicted molar refractivity (Wildman–Crippen MR) is 65.7 cm³/mol. The highest BCUT2D eigenvalue weighted by atomic mass is 35.5. The van der Waals surface area contributed by atoms with E-state index < -0.39 is 0 Å². The normalized spacial score (nSPS) is 12.6. The summed E-state index contributed by atoms with van der Waals surface area (Å²) in [6.07, 6.45) is 2.45. The lowest BCUT2D eigenvalue weighted by atomic mass is 9.97. The Morgan fingerprint density at radius 2 is 2.19 bits per heavy atom. The van der Waals surface area contributed by atoms with Crippen molar-refractivity contribution in [2.24, 2.45) is 0 Å².